The molecule has 1 aromatic heterocycles. The highest BCUT2D eigenvalue weighted by Gasteiger charge is 2.33. The van der Waals surface area contributed by atoms with Crippen molar-refractivity contribution in [1.82, 2.24) is 10.3 Å². The number of hydrogen-bond donors (Lipinski definition) is 1. The molecule has 3 rings (SSSR count). The van der Waals surface area contributed by atoms with Gasteiger partial charge in [0.15, 0.2) is 0 Å². The second-order valence-corrected chi connectivity index (χ2v) is 7.34. The maximum Gasteiger partial charge on any atom is 0.418 e. The third-order valence-electron chi connectivity index (χ3n) is 4.98. The van der Waals surface area contributed by atoms with Gasteiger partial charge in [0.25, 0.3) is 5.91 Å². The molecule has 1 atom stereocenters. The molecule has 178 valence electrons. The normalized spacial score (nSPS) is 12.2. The Bertz CT molecular complexity index is 1180. The molecule has 0 radical (unpaired) electrons. The maximum absolute atomic E-state index is 13.9. The van der Waals surface area contributed by atoms with Gasteiger partial charge in [-0.05, 0) is 35.4 Å². The van der Waals surface area contributed by atoms with Crippen molar-refractivity contribution in [1.29, 1.82) is 0 Å². The minimum absolute atomic E-state index is 0.126. The van der Waals surface area contributed by atoms with Gasteiger partial charge in [0.05, 0.1) is 18.4 Å². The van der Waals surface area contributed by atoms with Crippen LogP contribution < -0.4 is 5.32 Å². The van der Waals surface area contributed by atoms with E-state index in [2.05, 4.69) is 15.0 Å². The first kappa shape index (κ1) is 24.8. The molecule has 34 heavy (non-hydrogen) atoms. The van der Waals surface area contributed by atoms with Crippen molar-refractivity contribution in [2.75, 3.05) is 7.11 Å². The first-order valence-corrected chi connectivity index (χ1v) is 10.0. The van der Waals surface area contributed by atoms with E-state index >= 15 is 0 Å². The molecule has 1 N–H and O–H groups in total. The number of nitrogens with one attached hydrogen (secondary N) is 1. The summed E-state index contributed by atoms with van der Waals surface area (Å²) in [6.45, 7) is 0. The van der Waals surface area contributed by atoms with Gasteiger partial charge < -0.3 is 10.1 Å². The number of pyridine rings is 1. The van der Waals surface area contributed by atoms with Crippen molar-refractivity contribution < 1.29 is 36.3 Å². The molecule has 3 aromatic rings. The first-order chi connectivity index (χ1) is 16.1. The van der Waals surface area contributed by atoms with Crippen LogP contribution >= 0.6 is 0 Å². The molecule has 1 amide bonds. The van der Waals surface area contributed by atoms with E-state index in [1.165, 1.54) is 12.3 Å². The molecule has 0 fully saturated rings. The minimum atomic E-state index is -4.57. The van der Waals surface area contributed by atoms with Crippen molar-refractivity contribution in [2.24, 2.45) is 0 Å². The number of ether oxygens (including phenoxy) is 1. The fourth-order valence-corrected chi connectivity index (χ4v) is 3.41. The zero-order chi connectivity index (χ0) is 24.9. The number of benzene rings is 2. The summed E-state index contributed by atoms with van der Waals surface area (Å²) in [5.41, 5.74) is -0.907. The predicted molar refractivity (Wildman–Crippen MR) is 112 cm³/mol. The van der Waals surface area contributed by atoms with Crippen LogP contribution in [0.5, 0.6) is 0 Å². The van der Waals surface area contributed by atoms with Gasteiger partial charge in [0.2, 0.25) is 0 Å². The summed E-state index contributed by atoms with van der Waals surface area (Å²) < 4.78 is 72.3. The zero-order valence-corrected chi connectivity index (χ0v) is 17.8. The zero-order valence-electron chi connectivity index (χ0n) is 17.8. The number of methoxy groups -OCH3 is 1. The van der Waals surface area contributed by atoms with Crippen molar-refractivity contribution in [3.05, 3.63) is 100 Å². The van der Waals surface area contributed by atoms with Gasteiger partial charge in [0.1, 0.15) is 23.2 Å². The average molecular weight is 478 g/mol. The third-order valence-corrected chi connectivity index (χ3v) is 4.98. The number of alkyl halides is 3. The summed E-state index contributed by atoms with van der Waals surface area (Å²) in [7, 11) is 1.08. The van der Waals surface area contributed by atoms with Crippen LogP contribution in [0.3, 0.4) is 0 Å². The van der Waals surface area contributed by atoms with Crippen molar-refractivity contribution in [3.63, 3.8) is 0 Å². The molecule has 5 nitrogen and oxygen atoms in total. The van der Waals surface area contributed by atoms with E-state index in [1.807, 2.05) is 0 Å². The number of carbonyl (C=O) groups is 2. The minimum Gasteiger partial charge on any atom is -0.467 e. The third kappa shape index (κ3) is 5.94. The number of nitrogens with zero attached hydrogens (tertiary/aromatic N) is 1. The van der Waals surface area contributed by atoms with Crippen LogP contribution in [-0.4, -0.2) is 30.0 Å². The lowest BCUT2D eigenvalue weighted by Crippen LogP contribution is -2.43. The number of aromatic nitrogens is 1. The summed E-state index contributed by atoms with van der Waals surface area (Å²) in [5, 5.41) is 2.26. The van der Waals surface area contributed by atoms with Crippen LogP contribution in [-0.2, 0) is 28.5 Å². The summed E-state index contributed by atoms with van der Waals surface area (Å²) in [6, 6.07) is 10.1. The fraction of sp³-hybridized carbons (Fsp3) is 0.208. The molecule has 0 aliphatic rings. The highest BCUT2D eigenvalue weighted by molar-refractivity contribution is 5.97. The Hall–Kier alpha value is -3.82. The van der Waals surface area contributed by atoms with Gasteiger partial charge in [-0.15, -0.1) is 0 Å². The van der Waals surface area contributed by atoms with E-state index in [4.69, 9.17) is 0 Å². The highest BCUT2D eigenvalue weighted by Crippen LogP contribution is 2.32. The van der Waals surface area contributed by atoms with Gasteiger partial charge in [0, 0.05) is 19.0 Å². The first-order valence-electron chi connectivity index (χ1n) is 10.0. The van der Waals surface area contributed by atoms with Crippen LogP contribution in [0, 0.1) is 11.6 Å². The van der Waals surface area contributed by atoms with E-state index in [1.54, 1.807) is 24.3 Å². The predicted octanol–water partition coefficient (Wildman–Crippen LogP) is 4.48. The Labute approximate surface area is 191 Å². The number of hydrogen-bond acceptors (Lipinski definition) is 4. The summed E-state index contributed by atoms with van der Waals surface area (Å²) in [6.07, 6.45) is -3.56. The standard InChI is InChI=1S/C24H19F5N2O3/c1-34-23(33)20(31-22(32)21-17(25)8-3-9-18(21)26)13-15-6-2-5-14(11-15)12-19-16(24(27,28)29)7-4-10-30-19/h2-11,20H,12-13H2,1H3,(H,31,32)/t20-/m0/s1. The molecule has 0 unspecified atom stereocenters. The largest absolute Gasteiger partial charge is 0.467 e. The Balaban J connectivity index is 1.82. The lowest BCUT2D eigenvalue weighted by Gasteiger charge is -2.18. The van der Waals surface area contributed by atoms with Gasteiger partial charge in [-0.1, -0.05) is 30.3 Å². The van der Waals surface area contributed by atoms with Crippen LogP contribution in [0.4, 0.5) is 22.0 Å². The molecule has 2 aromatic carbocycles. The lowest BCUT2D eigenvalue weighted by molar-refractivity contribution is -0.143. The van der Waals surface area contributed by atoms with Crippen LogP contribution in [0.25, 0.3) is 0 Å². The summed E-state index contributed by atoms with van der Waals surface area (Å²) >= 11 is 0. The SMILES string of the molecule is COC(=O)[C@H](Cc1cccc(Cc2ncccc2C(F)(F)F)c1)NC(=O)c1c(F)cccc1F. The van der Waals surface area contributed by atoms with Gasteiger partial charge >= 0.3 is 12.1 Å². The molecule has 0 bridgehead atoms. The maximum atomic E-state index is 13.9. The quantitative estimate of drug-likeness (QED) is 0.402. The number of halogens is 5. The van der Waals surface area contributed by atoms with Crippen LogP contribution in [0.2, 0.25) is 0 Å². The molecule has 10 heteroatoms. The Kier molecular flexibility index (Phi) is 7.60. The van der Waals surface area contributed by atoms with E-state index in [0.29, 0.717) is 11.1 Å². The smallest absolute Gasteiger partial charge is 0.418 e. The topological polar surface area (TPSA) is 68.3 Å². The van der Waals surface area contributed by atoms with Crippen molar-refractivity contribution in [2.45, 2.75) is 25.1 Å². The fourth-order valence-electron chi connectivity index (χ4n) is 3.41. The molecule has 1 heterocycles. The Morgan fingerprint density at radius 3 is 2.29 bits per heavy atom. The summed E-state index contributed by atoms with van der Waals surface area (Å²) in [4.78, 5) is 28.5. The average Bonchev–Trinajstić information content (AvgIpc) is 2.78. The van der Waals surface area contributed by atoms with E-state index < -0.39 is 46.9 Å². The van der Waals surface area contributed by atoms with Gasteiger partial charge in [-0.25, -0.2) is 13.6 Å². The number of carbonyl (C=O) groups excluding carboxylic acids is 2. The molecular formula is C24H19F5N2O3. The Morgan fingerprint density at radius 2 is 1.65 bits per heavy atom. The lowest BCUT2D eigenvalue weighted by atomic mass is 9.99. The van der Waals surface area contributed by atoms with E-state index in [9.17, 15) is 31.5 Å². The van der Waals surface area contributed by atoms with E-state index in [-0.39, 0.29) is 18.5 Å². The molecule has 0 saturated carbocycles. The number of rotatable bonds is 7. The van der Waals surface area contributed by atoms with Gasteiger partial charge in [-0.3, -0.25) is 9.78 Å². The molecule has 0 spiro atoms. The van der Waals surface area contributed by atoms with E-state index in [0.717, 1.165) is 31.4 Å². The molecular weight excluding hydrogens is 459 g/mol. The molecule has 0 aliphatic heterocycles. The van der Waals surface area contributed by atoms with Crippen LogP contribution in [0.1, 0.15) is 32.7 Å². The Morgan fingerprint density at radius 1 is 1.00 bits per heavy atom. The van der Waals surface area contributed by atoms with Crippen LogP contribution in [0.15, 0.2) is 60.8 Å². The van der Waals surface area contributed by atoms with Crippen molar-refractivity contribution >= 4 is 11.9 Å². The van der Waals surface area contributed by atoms with Crippen molar-refractivity contribution in [3.8, 4) is 0 Å². The summed E-state index contributed by atoms with van der Waals surface area (Å²) in [5.74, 6) is -4.21. The second kappa shape index (κ2) is 10.4. The van der Waals surface area contributed by atoms with Gasteiger partial charge in [-0.2, -0.15) is 13.2 Å². The number of amides is 1. The monoisotopic (exact) mass is 478 g/mol. The molecule has 0 saturated heterocycles. The second-order valence-electron chi connectivity index (χ2n) is 7.34. The highest BCUT2D eigenvalue weighted by atomic mass is 19.4. The molecule has 0 aliphatic carbocycles. The number of esters is 1.